The Morgan fingerprint density at radius 3 is 2.24 bits per heavy atom. The number of urea groups is 1. The van der Waals surface area contributed by atoms with Crippen molar-refractivity contribution in [1.29, 1.82) is 0 Å². The lowest BCUT2D eigenvalue weighted by Gasteiger charge is -2.39. The summed E-state index contributed by atoms with van der Waals surface area (Å²) in [5, 5.41) is 2.95. The molecule has 1 aliphatic carbocycles. The Balaban J connectivity index is 1.33. The Morgan fingerprint density at radius 1 is 0.854 bits per heavy atom. The molecule has 41 heavy (non-hydrogen) atoms. The monoisotopic (exact) mass is 552 g/mol. The van der Waals surface area contributed by atoms with Crippen LogP contribution in [0.3, 0.4) is 0 Å². The first kappa shape index (κ1) is 26.3. The first-order valence-electron chi connectivity index (χ1n) is 13.5. The second kappa shape index (κ2) is 10.9. The largest absolute Gasteiger partial charge is 0.497 e. The quantitative estimate of drug-likeness (QED) is 0.306. The van der Waals surface area contributed by atoms with E-state index in [-0.39, 0.29) is 30.6 Å². The average molecular weight is 553 g/mol. The van der Waals surface area contributed by atoms with E-state index in [1.807, 2.05) is 71.8 Å². The predicted molar refractivity (Wildman–Crippen MR) is 156 cm³/mol. The smallest absolute Gasteiger partial charge is 0.322 e. The van der Waals surface area contributed by atoms with Crippen LogP contribution in [0, 0.1) is 0 Å². The number of hydrogen-bond acceptors (Lipinski definition) is 5. The average Bonchev–Trinajstić information content (AvgIpc) is 3.74. The summed E-state index contributed by atoms with van der Waals surface area (Å²) in [6.07, 6.45) is 3.71. The van der Waals surface area contributed by atoms with Crippen LogP contribution < -0.4 is 24.4 Å². The molecule has 9 heteroatoms. The van der Waals surface area contributed by atoms with E-state index in [1.54, 1.807) is 37.3 Å². The van der Waals surface area contributed by atoms with Crippen molar-refractivity contribution in [3.8, 4) is 22.9 Å². The SMILES string of the molecule is COc1ccc(C2c3cccn3-c3ccccc3N2C(=O)CN(C(=O)Nc2ccc(OC)cc2OC)C2CC2)cc1. The Kier molecular flexibility index (Phi) is 7.01. The molecule has 6 rings (SSSR count). The number of rotatable bonds is 8. The van der Waals surface area contributed by atoms with E-state index in [2.05, 4.69) is 9.88 Å². The number of nitrogens with zero attached hydrogens (tertiary/aromatic N) is 3. The number of aromatic nitrogens is 1. The molecule has 4 aromatic rings. The number of benzene rings is 3. The maximum atomic E-state index is 14.3. The van der Waals surface area contributed by atoms with Crippen molar-refractivity contribution in [2.75, 3.05) is 38.1 Å². The Morgan fingerprint density at radius 2 is 1.56 bits per heavy atom. The number of hydrogen-bond donors (Lipinski definition) is 1. The van der Waals surface area contributed by atoms with Crippen molar-refractivity contribution in [3.63, 3.8) is 0 Å². The van der Waals surface area contributed by atoms with E-state index in [4.69, 9.17) is 14.2 Å². The standard InChI is InChI=1S/C32H32N4O5/c1-39-23-14-10-21(11-15-23)31-28-9-6-18-34(28)26-7-4-5-8-27(26)36(31)30(37)20-35(22-12-13-22)32(38)33-25-17-16-24(40-2)19-29(25)41-3/h4-11,14-19,22,31H,12-13,20H2,1-3H3,(H,33,38). The summed E-state index contributed by atoms with van der Waals surface area (Å²) in [4.78, 5) is 31.4. The number of fused-ring (bicyclic) bond motifs is 3. The van der Waals surface area contributed by atoms with Crippen molar-refractivity contribution in [1.82, 2.24) is 9.47 Å². The predicted octanol–water partition coefficient (Wildman–Crippen LogP) is 5.64. The van der Waals surface area contributed by atoms with Gasteiger partial charge in [0.15, 0.2) is 0 Å². The van der Waals surface area contributed by atoms with Gasteiger partial charge in [0, 0.05) is 18.3 Å². The van der Waals surface area contributed by atoms with E-state index in [0.717, 1.165) is 41.2 Å². The van der Waals surface area contributed by atoms with Crippen molar-refractivity contribution in [2.45, 2.75) is 24.9 Å². The van der Waals surface area contributed by atoms with Crippen LogP contribution in [0.2, 0.25) is 0 Å². The number of ether oxygens (including phenoxy) is 3. The Labute approximate surface area is 238 Å². The summed E-state index contributed by atoms with van der Waals surface area (Å²) in [7, 11) is 4.74. The molecule has 1 aliphatic heterocycles. The van der Waals surface area contributed by atoms with Gasteiger partial charge in [0.25, 0.3) is 0 Å². The highest BCUT2D eigenvalue weighted by atomic mass is 16.5. The second-order valence-electron chi connectivity index (χ2n) is 10.1. The van der Waals surface area contributed by atoms with Crippen LogP contribution >= 0.6 is 0 Å². The van der Waals surface area contributed by atoms with Gasteiger partial charge < -0.3 is 29.0 Å². The molecule has 2 aliphatic rings. The third-order valence-electron chi connectivity index (χ3n) is 7.62. The molecular weight excluding hydrogens is 520 g/mol. The Hall–Kier alpha value is -4.92. The minimum atomic E-state index is -0.385. The number of amides is 3. The minimum absolute atomic E-state index is 0.00785. The summed E-state index contributed by atoms with van der Waals surface area (Å²) >= 11 is 0. The molecule has 1 aromatic heterocycles. The topological polar surface area (TPSA) is 85.3 Å². The number of nitrogens with one attached hydrogen (secondary N) is 1. The van der Waals surface area contributed by atoms with E-state index in [0.29, 0.717) is 17.2 Å². The number of para-hydroxylation sites is 2. The van der Waals surface area contributed by atoms with Crippen LogP contribution in [0.25, 0.3) is 5.69 Å². The molecule has 1 atom stereocenters. The highest BCUT2D eigenvalue weighted by molar-refractivity contribution is 6.02. The summed E-state index contributed by atoms with van der Waals surface area (Å²) in [5.74, 6) is 1.66. The molecule has 0 bridgehead atoms. The van der Waals surface area contributed by atoms with E-state index >= 15 is 0 Å². The van der Waals surface area contributed by atoms with Crippen LogP contribution in [0.5, 0.6) is 17.2 Å². The molecular formula is C32H32N4O5. The zero-order valence-corrected chi connectivity index (χ0v) is 23.2. The fourth-order valence-electron chi connectivity index (χ4n) is 5.43. The molecule has 1 saturated carbocycles. The summed E-state index contributed by atoms with van der Waals surface area (Å²) in [6, 6.07) is 24.1. The van der Waals surface area contributed by atoms with Gasteiger partial charge in [0.1, 0.15) is 29.8 Å². The van der Waals surface area contributed by atoms with Crippen LogP contribution in [0.15, 0.2) is 85.1 Å². The maximum absolute atomic E-state index is 14.3. The van der Waals surface area contributed by atoms with Gasteiger partial charge in [-0.25, -0.2) is 4.79 Å². The molecule has 3 aromatic carbocycles. The number of methoxy groups -OCH3 is 3. The van der Waals surface area contributed by atoms with Gasteiger partial charge in [0.2, 0.25) is 5.91 Å². The molecule has 210 valence electrons. The van der Waals surface area contributed by atoms with Crippen molar-refractivity contribution in [3.05, 3.63) is 96.3 Å². The zero-order chi connectivity index (χ0) is 28.5. The number of carbonyl (C=O) groups is 2. The van der Waals surface area contributed by atoms with E-state index in [9.17, 15) is 9.59 Å². The summed E-state index contributed by atoms with van der Waals surface area (Å²) in [6.45, 7) is -0.0728. The fourth-order valence-corrected chi connectivity index (χ4v) is 5.43. The van der Waals surface area contributed by atoms with Crippen molar-refractivity contribution in [2.24, 2.45) is 0 Å². The lowest BCUT2D eigenvalue weighted by molar-refractivity contribution is -0.119. The molecule has 9 nitrogen and oxygen atoms in total. The fraction of sp³-hybridized carbons (Fsp3) is 0.250. The van der Waals surface area contributed by atoms with Crippen molar-refractivity contribution >= 4 is 23.3 Å². The highest BCUT2D eigenvalue weighted by Gasteiger charge is 2.40. The van der Waals surface area contributed by atoms with Gasteiger partial charge in [-0.2, -0.15) is 0 Å². The van der Waals surface area contributed by atoms with Crippen LogP contribution in [0.4, 0.5) is 16.2 Å². The van der Waals surface area contributed by atoms with Gasteiger partial charge in [0.05, 0.1) is 44.1 Å². The van der Waals surface area contributed by atoms with Gasteiger partial charge in [-0.3, -0.25) is 9.69 Å². The summed E-state index contributed by atoms with van der Waals surface area (Å²) < 4.78 is 18.2. The lowest BCUT2D eigenvalue weighted by atomic mass is 9.97. The first-order valence-corrected chi connectivity index (χ1v) is 13.5. The maximum Gasteiger partial charge on any atom is 0.322 e. The van der Waals surface area contributed by atoms with Gasteiger partial charge in [-0.05, 0) is 66.9 Å². The zero-order valence-electron chi connectivity index (χ0n) is 23.2. The van der Waals surface area contributed by atoms with Gasteiger partial charge in [-0.1, -0.05) is 24.3 Å². The van der Waals surface area contributed by atoms with E-state index < -0.39 is 0 Å². The minimum Gasteiger partial charge on any atom is -0.497 e. The molecule has 0 saturated heterocycles. The molecule has 2 heterocycles. The van der Waals surface area contributed by atoms with Gasteiger partial charge >= 0.3 is 6.03 Å². The van der Waals surface area contributed by atoms with Gasteiger partial charge in [-0.15, -0.1) is 0 Å². The molecule has 1 unspecified atom stereocenters. The Bertz CT molecular complexity index is 1580. The van der Waals surface area contributed by atoms with Crippen LogP contribution in [-0.2, 0) is 4.79 Å². The highest BCUT2D eigenvalue weighted by Crippen LogP contribution is 2.43. The molecule has 1 fully saturated rings. The molecule has 0 radical (unpaired) electrons. The third-order valence-corrected chi connectivity index (χ3v) is 7.62. The van der Waals surface area contributed by atoms with Crippen molar-refractivity contribution < 1.29 is 23.8 Å². The third kappa shape index (κ3) is 4.95. The molecule has 1 N–H and O–H groups in total. The first-order chi connectivity index (χ1) is 20.0. The molecule has 3 amide bonds. The number of anilines is 2. The normalized spacial score (nSPS) is 15.4. The molecule has 0 spiro atoms. The second-order valence-corrected chi connectivity index (χ2v) is 10.1. The van der Waals surface area contributed by atoms with Crippen LogP contribution in [0.1, 0.15) is 30.1 Å². The van der Waals surface area contributed by atoms with Crippen LogP contribution in [-0.4, -0.2) is 55.3 Å². The summed E-state index contributed by atoms with van der Waals surface area (Å²) in [5.41, 5.74) is 4.12. The number of carbonyl (C=O) groups excluding carboxylic acids is 2. The lowest BCUT2D eigenvalue weighted by Crippen LogP contribution is -2.48. The van der Waals surface area contributed by atoms with E-state index in [1.165, 1.54) is 7.11 Å².